The molecule has 5 nitrogen and oxygen atoms in total. The van der Waals surface area contributed by atoms with Crippen LogP contribution in [0.1, 0.15) is 50.7 Å². The SMILES string of the molecule is CCn1nc(C)c(C(C)N[C@H](C(=O)OC)C(C)C)c1C. The zero-order chi connectivity index (χ0) is 15.4. The largest absolute Gasteiger partial charge is 0.468 e. The third-order valence-electron chi connectivity index (χ3n) is 3.72. The summed E-state index contributed by atoms with van der Waals surface area (Å²) < 4.78 is 6.87. The minimum atomic E-state index is -0.307. The van der Waals surface area contributed by atoms with Crippen molar-refractivity contribution in [2.45, 2.75) is 60.2 Å². The van der Waals surface area contributed by atoms with Crippen molar-refractivity contribution in [1.82, 2.24) is 15.1 Å². The molecule has 1 rings (SSSR count). The van der Waals surface area contributed by atoms with Crippen molar-refractivity contribution in [2.75, 3.05) is 7.11 Å². The van der Waals surface area contributed by atoms with E-state index in [1.807, 2.05) is 25.5 Å². The Morgan fingerprint density at radius 2 is 1.95 bits per heavy atom. The fraction of sp³-hybridized carbons (Fsp3) is 0.733. The number of nitrogens with zero attached hydrogens (tertiary/aromatic N) is 2. The van der Waals surface area contributed by atoms with Crippen LogP contribution in [-0.2, 0) is 16.1 Å². The van der Waals surface area contributed by atoms with E-state index in [-0.39, 0.29) is 24.0 Å². The van der Waals surface area contributed by atoms with Crippen molar-refractivity contribution in [1.29, 1.82) is 0 Å². The van der Waals surface area contributed by atoms with Gasteiger partial charge in [-0.3, -0.25) is 14.8 Å². The van der Waals surface area contributed by atoms with E-state index >= 15 is 0 Å². The van der Waals surface area contributed by atoms with E-state index in [1.54, 1.807) is 0 Å². The van der Waals surface area contributed by atoms with E-state index in [2.05, 4.69) is 31.2 Å². The first-order valence-corrected chi connectivity index (χ1v) is 7.21. The van der Waals surface area contributed by atoms with Gasteiger partial charge in [-0.1, -0.05) is 13.8 Å². The highest BCUT2D eigenvalue weighted by atomic mass is 16.5. The van der Waals surface area contributed by atoms with Gasteiger partial charge in [-0.05, 0) is 33.6 Å². The molecule has 20 heavy (non-hydrogen) atoms. The number of esters is 1. The lowest BCUT2D eigenvalue weighted by atomic mass is 10.0. The second-order valence-corrected chi connectivity index (χ2v) is 5.53. The van der Waals surface area contributed by atoms with Gasteiger partial charge in [-0.25, -0.2) is 0 Å². The highest BCUT2D eigenvalue weighted by Gasteiger charge is 2.27. The van der Waals surface area contributed by atoms with E-state index in [9.17, 15) is 4.79 Å². The minimum absolute atomic E-state index is 0.0572. The van der Waals surface area contributed by atoms with Crippen molar-refractivity contribution in [2.24, 2.45) is 5.92 Å². The Morgan fingerprint density at radius 3 is 2.35 bits per heavy atom. The maximum absolute atomic E-state index is 11.8. The molecular weight excluding hydrogens is 254 g/mol. The molecule has 0 bridgehead atoms. The Balaban J connectivity index is 2.97. The van der Waals surface area contributed by atoms with Crippen molar-refractivity contribution in [3.8, 4) is 0 Å². The summed E-state index contributed by atoms with van der Waals surface area (Å²) in [4.78, 5) is 11.8. The van der Waals surface area contributed by atoms with Crippen LogP contribution >= 0.6 is 0 Å². The molecule has 1 N–H and O–H groups in total. The summed E-state index contributed by atoms with van der Waals surface area (Å²) in [5.41, 5.74) is 3.33. The number of rotatable bonds is 6. The van der Waals surface area contributed by atoms with Gasteiger partial charge < -0.3 is 4.74 Å². The maximum atomic E-state index is 11.8. The van der Waals surface area contributed by atoms with Crippen LogP contribution < -0.4 is 5.32 Å². The van der Waals surface area contributed by atoms with Gasteiger partial charge in [0, 0.05) is 23.8 Å². The third kappa shape index (κ3) is 3.39. The minimum Gasteiger partial charge on any atom is -0.468 e. The standard InChI is InChI=1S/C15H27N3O2/c1-8-18-12(6)13(11(5)17-18)10(4)16-14(9(2)3)15(19)20-7/h9-10,14,16H,8H2,1-7H3/t10?,14-/m0/s1. The molecule has 0 radical (unpaired) electrons. The Morgan fingerprint density at radius 1 is 1.35 bits per heavy atom. The average Bonchev–Trinajstić information content (AvgIpc) is 2.69. The predicted octanol–water partition coefficient (Wildman–Crippen LogP) is 2.37. The predicted molar refractivity (Wildman–Crippen MR) is 79.6 cm³/mol. The Bertz CT molecular complexity index is 466. The lowest BCUT2D eigenvalue weighted by molar-refractivity contribution is -0.144. The number of hydrogen-bond donors (Lipinski definition) is 1. The smallest absolute Gasteiger partial charge is 0.323 e. The van der Waals surface area contributed by atoms with Crippen LogP contribution in [-0.4, -0.2) is 28.9 Å². The first kappa shape index (κ1) is 16.7. The highest BCUT2D eigenvalue weighted by molar-refractivity contribution is 5.76. The fourth-order valence-electron chi connectivity index (χ4n) is 2.66. The lowest BCUT2D eigenvalue weighted by Gasteiger charge is -2.24. The number of aryl methyl sites for hydroxylation is 2. The van der Waals surface area contributed by atoms with Crippen molar-refractivity contribution in [3.63, 3.8) is 0 Å². The highest BCUT2D eigenvalue weighted by Crippen LogP contribution is 2.23. The van der Waals surface area contributed by atoms with Gasteiger partial charge in [0.25, 0.3) is 0 Å². The number of hydrogen-bond acceptors (Lipinski definition) is 4. The monoisotopic (exact) mass is 281 g/mol. The Labute approximate surface area is 121 Å². The average molecular weight is 281 g/mol. The fourth-order valence-corrected chi connectivity index (χ4v) is 2.66. The van der Waals surface area contributed by atoms with Gasteiger partial charge in [0.15, 0.2) is 0 Å². The van der Waals surface area contributed by atoms with Crippen LogP contribution in [0.4, 0.5) is 0 Å². The molecule has 1 aromatic rings. The molecule has 0 saturated carbocycles. The number of ether oxygens (including phenoxy) is 1. The van der Waals surface area contributed by atoms with Gasteiger partial charge in [0.2, 0.25) is 0 Å². The van der Waals surface area contributed by atoms with Crippen LogP contribution in [0.2, 0.25) is 0 Å². The molecule has 2 atom stereocenters. The molecule has 1 aromatic heterocycles. The topological polar surface area (TPSA) is 56.2 Å². The van der Waals surface area contributed by atoms with E-state index in [0.29, 0.717) is 0 Å². The molecule has 1 unspecified atom stereocenters. The third-order valence-corrected chi connectivity index (χ3v) is 3.72. The number of aromatic nitrogens is 2. The maximum Gasteiger partial charge on any atom is 0.323 e. The van der Waals surface area contributed by atoms with Gasteiger partial charge in [0.1, 0.15) is 6.04 Å². The molecule has 0 aliphatic heterocycles. The summed E-state index contributed by atoms with van der Waals surface area (Å²) in [5, 5.41) is 7.90. The van der Waals surface area contributed by atoms with E-state index in [0.717, 1.165) is 17.9 Å². The van der Waals surface area contributed by atoms with Crippen molar-refractivity contribution in [3.05, 3.63) is 17.0 Å². The number of carbonyl (C=O) groups is 1. The summed E-state index contributed by atoms with van der Waals surface area (Å²) in [6.45, 7) is 13.1. The van der Waals surface area contributed by atoms with Crippen LogP contribution in [0.25, 0.3) is 0 Å². The van der Waals surface area contributed by atoms with Crippen LogP contribution in [0.5, 0.6) is 0 Å². The molecule has 0 aliphatic rings. The Kier molecular flexibility index (Phi) is 5.74. The van der Waals surface area contributed by atoms with Gasteiger partial charge >= 0.3 is 5.97 Å². The zero-order valence-corrected chi connectivity index (χ0v) is 13.7. The molecule has 1 heterocycles. The number of methoxy groups -OCH3 is 1. The second-order valence-electron chi connectivity index (χ2n) is 5.53. The second kappa shape index (κ2) is 6.88. The van der Waals surface area contributed by atoms with Crippen molar-refractivity contribution < 1.29 is 9.53 Å². The molecule has 0 aromatic carbocycles. The number of carbonyl (C=O) groups excluding carboxylic acids is 1. The summed E-state index contributed by atoms with van der Waals surface area (Å²) in [6.07, 6.45) is 0. The molecule has 0 fully saturated rings. The summed E-state index contributed by atoms with van der Waals surface area (Å²) in [7, 11) is 1.43. The van der Waals surface area contributed by atoms with E-state index < -0.39 is 0 Å². The first-order chi connectivity index (χ1) is 9.33. The number of nitrogens with one attached hydrogen (secondary N) is 1. The van der Waals surface area contributed by atoms with Crippen LogP contribution in [0, 0.1) is 19.8 Å². The van der Waals surface area contributed by atoms with Gasteiger partial charge in [-0.2, -0.15) is 5.10 Å². The van der Waals surface area contributed by atoms with E-state index in [4.69, 9.17) is 4.74 Å². The van der Waals surface area contributed by atoms with Crippen molar-refractivity contribution >= 4 is 5.97 Å². The first-order valence-electron chi connectivity index (χ1n) is 7.21. The van der Waals surface area contributed by atoms with Gasteiger partial charge in [-0.15, -0.1) is 0 Å². The van der Waals surface area contributed by atoms with Crippen LogP contribution in [0.15, 0.2) is 0 Å². The quantitative estimate of drug-likeness (QED) is 0.813. The lowest BCUT2D eigenvalue weighted by Crippen LogP contribution is -2.43. The van der Waals surface area contributed by atoms with Crippen LogP contribution in [0.3, 0.4) is 0 Å². The molecule has 114 valence electrons. The Hall–Kier alpha value is -1.36. The summed E-state index contributed by atoms with van der Waals surface area (Å²) in [6, 6.07) is -0.249. The molecule has 0 amide bonds. The summed E-state index contributed by atoms with van der Waals surface area (Å²) in [5.74, 6) is -0.0447. The normalized spacial score (nSPS) is 14.4. The molecule has 0 saturated heterocycles. The zero-order valence-electron chi connectivity index (χ0n) is 13.7. The molecule has 0 spiro atoms. The van der Waals surface area contributed by atoms with E-state index in [1.165, 1.54) is 12.7 Å². The summed E-state index contributed by atoms with van der Waals surface area (Å²) >= 11 is 0. The molecule has 0 aliphatic carbocycles. The molecule has 5 heteroatoms. The molecular formula is C15H27N3O2. The van der Waals surface area contributed by atoms with Gasteiger partial charge in [0.05, 0.1) is 12.8 Å².